The van der Waals surface area contributed by atoms with Crippen LogP contribution in [0.4, 0.5) is 0 Å². The summed E-state index contributed by atoms with van der Waals surface area (Å²) in [5, 5.41) is 4.88. The second-order valence-electron chi connectivity index (χ2n) is 5.72. The summed E-state index contributed by atoms with van der Waals surface area (Å²) >= 11 is 7.24. The fourth-order valence-corrected chi connectivity index (χ4v) is 3.67. The fourth-order valence-electron chi connectivity index (χ4n) is 2.57. The molecule has 134 valence electrons. The number of halogens is 1. The minimum atomic E-state index is -0.399. The van der Waals surface area contributed by atoms with E-state index >= 15 is 0 Å². The van der Waals surface area contributed by atoms with E-state index in [0.717, 1.165) is 11.1 Å². The van der Waals surface area contributed by atoms with Gasteiger partial charge in [-0.1, -0.05) is 47.2 Å². The zero-order chi connectivity index (χ0) is 19.0. The van der Waals surface area contributed by atoms with Crippen LogP contribution >= 0.6 is 22.9 Å². The Bertz CT molecular complexity index is 1280. The molecule has 8 heteroatoms. The lowest BCUT2D eigenvalue weighted by molar-refractivity contribution is -0.131. The molecule has 0 aliphatic heterocycles. The van der Waals surface area contributed by atoms with Crippen LogP contribution in [0.25, 0.3) is 22.4 Å². The molecule has 4 rings (SSSR count). The third-order valence-corrected chi connectivity index (χ3v) is 4.88. The van der Waals surface area contributed by atoms with Crippen LogP contribution in [0.5, 0.6) is 5.75 Å². The zero-order valence-corrected chi connectivity index (χ0v) is 15.6. The average Bonchev–Trinajstić information content (AvgIpc) is 3.15. The molecule has 2 aromatic carbocycles. The number of ether oxygens (including phenoxy) is 1. The van der Waals surface area contributed by atoms with E-state index in [-0.39, 0.29) is 5.56 Å². The number of fused-ring (bicyclic) bond motifs is 1. The summed E-state index contributed by atoms with van der Waals surface area (Å²) in [5.74, 6) is 0.472. The fraction of sp³-hybridized carbons (Fsp3) is 0.0526. The summed E-state index contributed by atoms with van der Waals surface area (Å²) in [6, 6.07) is 14.1. The summed E-state index contributed by atoms with van der Waals surface area (Å²) in [6.07, 6.45) is 1.72. The molecule has 0 aliphatic carbocycles. The van der Waals surface area contributed by atoms with Gasteiger partial charge in [0.2, 0.25) is 4.96 Å². The van der Waals surface area contributed by atoms with Gasteiger partial charge in [0, 0.05) is 17.5 Å². The van der Waals surface area contributed by atoms with Crippen LogP contribution in [-0.2, 0) is 4.79 Å². The minimum Gasteiger partial charge on any atom is -0.427 e. The van der Waals surface area contributed by atoms with Gasteiger partial charge in [-0.3, -0.25) is 9.59 Å². The van der Waals surface area contributed by atoms with Gasteiger partial charge in [0.05, 0.1) is 4.53 Å². The van der Waals surface area contributed by atoms with Gasteiger partial charge in [0.25, 0.3) is 5.56 Å². The van der Waals surface area contributed by atoms with Crippen molar-refractivity contribution >= 4 is 39.9 Å². The summed E-state index contributed by atoms with van der Waals surface area (Å²) in [6.45, 7) is 1.34. The Hall–Kier alpha value is -3.03. The molecule has 0 saturated heterocycles. The first-order valence-corrected chi connectivity index (χ1v) is 9.15. The largest absolute Gasteiger partial charge is 0.427 e. The predicted octanol–water partition coefficient (Wildman–Crippen LogP) is 2.94. The molecule has 0 fully saturated rings. The van der Waals surface area contributed by atoms with Gasteiger partial charge in [-0.25, -0.2) is 0 Å². The number of aromatic nitrogens is 3. The van der Waals surface area contributed by atoms with Crippen LogP contribution in [-0.4, -0.2) is 20.6 Å². The Morgan fingerprint density at radius 1 is 1.22 bits per heavy atom. The van der Waals surface area contributed by atoms with Crippen LogP contribution in [0.15, 0.2) is 53.3 Å². The average molecular weight is 398 g/mol. The maximum atomic E-state index is 12.6. The molecular weight excluding hydrogens is 386 g/mol. The Balaban J connectivity index is 1.75. The maximum absolute atomic E-state index is 12.6. The van der Waals surface area contributed by atoms with E-state index in [1.807, 2.05) is 12.1 Å². The first-order chi connectivity index (χ1) is 13.0. The van der Waals surface area contributed by atoms with Crippen molar-refractivity contribution in [3.63, 3.8) is 0 Å². The topological polar surface area (TPSA) is 73.6 Å². The predicted molar refractivity (Wildman–Crippen MR) is 104 cm³/mol. The Labute approximate surface area is 162 Å². The number of esters is 1. The summed E-state index contributed by atoms with van der Waals surface area (Å²) in [4.78, 5) is 28.6. The van der Waals surface area contributed by atoms with Crippen molar-refractivity contribution in [1.82, 2.24) is 14.6 Å². The highest BCUT2D eigenvalue weighted by molar-refractivity contribution is 7.15. The first kappa shape index (κ1) is 17.4. The van der Waals surface area contributed by atoms with Crippen molar-refractivity contribution in [2.75, 3.05) is 0 Å². The van der Waals surface area contributed by atoms with Crippen LogP contribution in [0.3, 0.4) is 0 Å². The number of hydrogen-bond donors (Lipinski definition) is 0. The van der Waals surface area contributed by atoms with Crippen molar-refractivity contribution in [1.29, 1.82) is 0 Å². The molecule has 0 amide bonds. The third kappa shape index (κ3) is 3.60. The molecule has 0 N–H and O–H groups in total. The second kappa shape index (κ2) is 6.94. The van der Waals surface area contributed by atoms with Gasteiger partial charge < -0.3 is 4.74 Å². The Morgan fingerprint density at radius 3 is 2.78 bits per heavy atom. The summed E-state index contributed by atoms with van der Waals surface area (Å²) in [7, 11) is 0. The zero-order valence-electron chi connectivity index (χ0n) is 14.0. The lowest BCUT2D eigenvalue weighted by Gasteiger charge is -2.01. The van der Waals surface area contributed by atoms with Gasteiger partial charge in [0.1, 0.15) is 5.75 Å². The van der Waals surface area contributed by atoms with E-state index in [1.165, 1.54) is 22.8 Å². The number of carbonyl (C=O) groups excluding carboxylic acids is 1. The molecule has 0 aliphatic rings. The van der Waals surface area contributed by atoms with Crippen molar-refractivity contribution < 1.29 is 9.53 Å². The third-order valence-electron chi connectivity index (χ3n) is 3.68. The number of thiazole rings is 1. The number of hydrogen-bond acceptors (Lipinski definition) is 6. The number of nitrogens with zero attached hydrogens (tertiary/aromatic N) is 3. The van der Waals surface area contributed by atoms with Crippen molar-refractivity contribution in [2.45, 2.75) is 6.92 Å². The molecule has 6 nitrogen and oxygen atoms in total. The first-order valence-electron chi connectivity index (χ1n) is 7.95. The van der Waals surface area contributed by atoms with E-state index in [2.05, 4.69) is 10.1 Å². The van der Waals surface area contributed by atoms with Crippen molar-refractivity contribution in [2.24, 2.45) is 0 Å². The summed E-state index contributed by atoms with van der Waals surface area (Å²) in [5.41, 5.74) is 1.23. The Kier molecular flexibility index (Phi) is 4.47. The van der Waals surface area contributed by atoms with E-state index in [9.17, 15) is 9.59 Å². The van der Waals surface area contributed by atoms with E-state index in [0.29, 0.717) is 26.1 Å². The lowest BCUT2D eigenvalue weighted by atomic mass is 10.2. The van der Waals surface area contributed by atoms with Gasteiger partial charge in [-0.2, -0.15) is 9.50 Å². The highest BCUT2D eigenvalue weighted by Gasteiger charge is 2.12. The smallest absolute Gasteiger partial charge is 0.308 e. The minimum absolute atomic E-state index is 0.256. The maximum Gasteiger partial charge on any atom is 0.308 e. The molecule has 0 saturated carbocycles. The highest BCUT2D eigenvalue weighted by atomic mass is 35.5. The number of carbonyl (C=O) groups is 1. The van der Waals surface area contributed by atoms with E-state index in [1.54, 1.807) is 42.5 Å². The molecule has 2 heterocycles. The molecule has 4 aromatic rings. The van der Waals surface area contributed by atoms with Crippen LogP contribution in [0, 0.1) is 0 Å². The normalized spacial score (nSPS) is 11.9. The lowest BCUT2D eigenvalue weighted by Crippen LogP contribution is -2.23. The monoisotopic (exact) mass is 397 g/mol. The van der Waals surface area contributed by atoms with Crippen LogP contribution in [0.2, 0.25) is 5.02 Å². The number of benzene rings is 2. The Morgan fingerprint density at radius 2 is 2.04 bits per heavy atom. The quantitative estimate of drug-likeness (QED) is 0.392. The second-order valence-corrected chi connectivity index (χ2v) is 7.17. The highest BCUT2D eigenvalue weighted by Crippen LogP contribution is 2.20. The van der Waals surface area contributed by atoms with E-state index < -0.39 is 5.97 Å². The number of rotatable bonds is 3. The van der Waals surface area contributed by atoms with Gasteiger partial charge >= 0.3 is 5.97 Å². The van der Waals surface area contributed by atoms with Crippen molar-refractivity contribution in [3.8, 4) is 17.1 Å². The molecule has 0 bridgehead atoms. The van der Waals surface area contributed by atoms with Crippen LogP contribution < -0.4 is 14.8 Å². The molecular formula is C19H12ClN3O3S. The molecule has 0 spiro atoms. The van der Waals surface area contributed by atoms with Gasteiger partial charge in [0.15, 0.2) is 5.82 Å². The molecule has 27 heavy (non-hydrogen) atoms. The van der Waals surface area contributed by atoms with Gasteiger partial charge in [-0.15, -0.1) is 5.10 Å². The molecule has 0 atom stereocenters. The standard InChI is InChI=1S/C19H12ClN3O3S/c1-11(24)26-15-7-2-4-12(8-15)9-16-18(25)23-19(27-16)21-17(22-23)13-5-3-6-14(20)10-13/h2-10H,1H3/b16-9+. The van der Waals surface area contributed by atoms with E-state index in [4.69, 9.17) is 16.3 Å². The molecule has 2 aromatic heterocycles. The van der Waals surface area contributed by atoms with Crippen molar-refractivity contribution in [3.05, 3.63) is 74.0 Å². The molecule has 0 unspecified atom stereocenters. The van der Waals surface area contributed by atoms with Gasteiger partial charge in [-0.05, 0) is 35.9 Å². The summed E-state index contributed by atoms with van der Waals surface area (Å²) < 4.78 is 6.84. The van der Waals surface area contributed by atoms with Crippen LogP contribution in [0.1, 0.15) is 12.5 Å². The molecule has 0 radical (unpaired) electrons. The SMILES string of the molecule is CC(=O)Oc1cccc(/C=c2/sc3nc(-c4cccc(Cl)c4)nn3c2=O)c1.